The average Bonchev–Trinajstić information content (AvgIpc) is 2.68. The van der Waals surface area contributed by atoms with Gasteiger partial charge in [0.15, 0.2) is 5.79 Å². The number of likely N-dealkylation sites (tertiary alicyclic amines) is 1. The molecule has 15 heavy (non-hydrogen) atoms. The molecule has 1 spiro atoms. The Bertz CT molecular complexity index is 259. The molecule has 2 aliphatic rings. The van der Waals surface area contributed by atoms with E-state index < -0.39 is 0 Å². The van der Waals surface area contributed by atoms with E-state index in [0.717, 1.165) is 25.9 Å². The van der Waals surface area contributed by atoms with E-state index in [2.05, 4.69) is 0 Å². The van der Waals surface area contributed by atoms with Crippen LogP contribution in [0.5, 0.6) is 0 Å². The van der Waals surface area contributed by atoms with Crippen molar-refractivity contribution in [3.63, 3.8) is 0 Å². The summed E-state index contributed by atoms with van der Waals surface area (Å²) in [6, 6.07) is 0. The highest BCUT2D eigenvalue weighted by atomic mass is 16.7. The molecule has 0 atom stereocenters. The maximum Gasteiger partial charge on any atom is 0.246 e. The molecule has 0 aromatic rings. The second kappa shape index (κ2) is 4.33. The molecule has 2 saturated heterocycles. The summed E-state index contributed by atoms with van der Waals surface area (Å²) in [7, 11) is 0. The third-order valence-corrected chi connectivity index (χ3v) is 2.96. The van der Waals surface area contributed by atoms with Gasteiger partial charge in [0.1, 0.15) is 0 Å². The van der Waals surface area contributed by atoms with Crippen LogP contribution in [0.2, 0.25) is 0 Å². The fraction of sp³-hybridized carbons (Fsp3) is 0.727. The first-order chi connectivity index (χ1) is 7.26. The second-order valence-electron chi connectivity index (χ2n) is 3.93. The Labute approximate surface area is 89.8 Å². The lowest BCUT2D eigenvalue weighted by Crippen LogP contribution is -2.46. The lowest BCUT2D eigenvalue weighted by atomic mass is 10.0. The van der Waals surface area contributed by atoms with E-state index in [1.165, 1.54) is 0 Å². The minimum atomic E-state index is -0.382. The van der Waals surface area contributed by atoms with Crippen molar-refractivity contribution in [1.82, 2.24) is 4.90 Å². The molecule has 0 N–H and O–H groups in total. The summed E-state index contributed by atoms with van der Waals surface area (Å²) < 4.78 is 11.2. The standard InChI is InChI=1S/C11H17NO3/c1-2-3-10(13)12-6-4-11(5-7-12)14-8-9-15-11/h2-3H,4-9H2,1H3/b3-2+. The summed E-state index contributed by atoms with van der Waals surface area (Å²) in [5, 5.41) is 0. The molecule has 0 saturated carbocycles. The number of amides is 1. The van der Waals surface area contributed by atoms with Crippen molar-refractivity contribution in [2.75, 3.05) is 26.3 Å². The van der Waals surface area contributed by atoms with Crippen molar-refractivity contribution in [2.45, 2.75) is 25.6 Å². The van der Waals surface area contributed by atoms with Crippen LogP contribution in [0, 0.1) is 0 Å². The Kier molecular flexibility index (Phi) is 3.07. The van der Waals surface area contributed by atoms with Crippen molar-refractivity contribution in [1.29, 1.82) is 0 Å². The molecule has 0 unspecified atom stereocenters. The number of hydrogen-bond donors (Lipinski definition) is 0. The predicted octanol–water partition coefficient (Wildman–Crippen LogP) is 0.928. The fourth-order valence-electron chi connectivity index (χ4n) is 2.10. The first-order valence-electron chi connectivity index (χ1n) is 5.45. The quantitative estimate of drug-likeness (QED) is 0.606. The molecule has 4 heteroatoms. The van der Waals surface area contributed by atoms with E-state index in [1.807, 2.05) is 11.8 Å². The van der Waals surface area contributed by atoms with Gasteiger partial charge in [-0.1, -0.05) is 6.08 Å². The van der Waals surface area contributed by atoms with Gasteiger partial charge in [-0.05, 0) is 13.0 Å². The maximum atomic E-state index is 11.6. The summed E-state index contributed by atoms with van der Waals surface area (Å²) in [5.41, 5.74) is 0. The first kappa shape index (κ1) is 10.6. The zero-order chi connectivity index (χ0) is 10.7. The largest absolute Gasteiger partial charge is 0.347 e. The molecule has 1 amide bonds. The van der Waals surface area contributed by atoms with Crippen molar-refractivity contribution >= 4 is 5.91 Å². The Morgan fingerprint density at radius 2 is 1.87 bits per heavy atom. The van der Waals surface area contributed by atoms with Gasteiger partial charge in [-0.25, -0.2) is 0 Å². The Morgan fingerprint density at radius 1 is 1.27 bits per heavy atom. The van der Waals surface area contributed by atoms with Crippen LogP contribution >= 0.6 is 0 Å². The number of carbonyl (C=O) groups is 1. The summed E-state index contributed by atoms with van der Waals surface area (Å²) in [4.78, 5) is 13.4. The molecule has 4 nitrogen and oxygen atoms in total. The van der Waals surface area contributed by atoms with E-state index in [1.54, 1.807) is 12.2 Å². The number of piperidine rings is 1. The number of hydrogen-bond acceptors (Lipinski definition) is 3. The van der Waals surface area contributed by atoms with Crippen molar-refractivity contribution in [2.24, 2.45) is 0 Å². The highest BCUT2D eigenvalue weighted by molar-refractivity contribution is 5.87. The van der Waals surface area contributed by atoms with Crippen LogP contribution in [0.15, 0.2) is 12.2 Å². The van der Waals surface area contributed by atoms with Gasteiger partial charge >= 0.3 is 0 Å². The van der Waals surface area contributed by atoms with Gasteiger partial charge in [-0.2, -0.15) is 0 Å². The number of nitrogens with zero attached hydrogens (tertiary/aromatic N) is 1. The van der Waals surface area contributed by atoms with Gasteiger partial charge in [0, 0.05) is 25.9 Å². The Morgan fingerprint density at radius 3 is 2.40 bits per heavy atom. The van der Waals surface area contributed by atoms with Crippen LogP contribution < -0.4 is 0 Å². The number of rotatable bonds is 1. The van der Waals surface area contributed by atoms with Crippen LogP contribution in [-0.4, -0.2) is 42.9 Å². The highest BCUT2D eigenvalue weighted by Gasteiger charge is 2.40. The molecule has 0 radical (unpaired) electrons. The molecule has 0 bridgehead atoms. The normalized spacial score (nSPS) is 25.3. The molecule has 0 aromatic heterocycles. The SMILES string of the molecule is C/C=C/C(=O)N1CCC2(CC1)OCCO2. The molecule has 2 fully saturated rings. The van der Waals surface area contributed by atoms with Crippen LogP contribution in [0.25, 0.3) is 0 Å². The molecule has 2 aliphatic heterocycles. The monoisotopic (exact) mass is 211 g/mol. The molecule has 0 aromatic carbocycles. The van der Waals surface area contributed by atoms with Gasteiger partial charge in [-0.15, -0.1) is 0 Å². The smallest absolute Gasteiger partial charge is 0.246 e. The van der Waals surface area contributed by atoms with Gasteiger partial charge in [-0.3, -0.25) is 4.79 Å². The topological polar surface area (TPSA) is 38.8 Å². The number of ether oxygens (including phenoxy) is 2. The van der Waals surface area contributed by atoms with Crippen molar-refractivity contribution in [3.05, 3.63) is 12.2 Å². The second-order valence-corrected chi connectivity index (χ2v) is 3.93. The van der Waals surface area contributed by atoms with Crippen molar-refractivity contribution < 1.29 is 14.3 Å². The summed E-state index contributed by atoms with van der Waals surface area (Å²) in [6.45, 7) is 4.67. The Balaban J connectivity index is 1.89. The van der Waals surface area contributed by atoms with E-state index in [0.29, 0.717) is 13.2 Å². The summed E-state index contributed by atoms with van der Waals surface area (Å²) in [6.07, 6.45) is 4.95. The van der Waals surface area contributed by atoms with Gasteiger partial charge in [0.2, 0.25) is 5.91 Å². The zero-order valence-corrected chi connectivity index (χ0v) is 9.07. The minimum Gasteiger partial charge on any atom is -0.347 e. The lowest BCUT2D eigenvalue weighted by molar-refractivity contribution is -0.186. The predicted molar refractivity (Wildman–Crippen MR) is 55.3 cm³/mol. The third-order valence-electron chi connectivity index (χ3n) is 2.96. The molecular formula is C11H17NO3. The average molecular weight is 211 g/mol. The summed E-state index contributed by atoms with van der Waals surface area (Å²) >= 11 is 0. The van der Waals surface area contributed by atoms with E-state index in [4.69, 9.17) is 9.47 Å². The van der Waals surface area contributed by atoms with Crippen LogP contribution in [0.1, 0.15) is 19.8 Å². The number of carbonyl (C=O) groups excluding carboxylic acids is 1. The molecular weight excluding hydrogens is 194 g/mol. The van der Waals surface area contributed by atoms with Crippen LogP contribution in [0.4, 0.5) is 0 Å². The molecule has 2 rings (SSSR count). The first-order valence-corrected chi connectivity index (χ1v) is 5.45. The molecule has 0 aliphatic carbocycles. The Hall–Kier alpha value is -0.870. The molecule has 84 valence electrons. The van der Waals surface area contributed by atoms with E-state index >= 15 is 0 Å². The van der Waals surface area contributed by atoms with E-state index in [9.17, 15) is 4.79 Å². The van der Waals surface area contributed by atoms with Gasteiger partial charge in [0.05, 0.1) is 13.2 Å². The van der Waals surface area contributed by atoms with Gasteiger partial charge < -0.3 is 14.4 Å². The fourth-order valence-corrected chi connectivity index (χ4v) is 2.10. The van der Waals surface area contributed by atoms with E-state index in [-0.39, 0.29) is 11.7 Å². The van der Waals surface area contributed by atoms with Crippen LogP contribution in [-0.2, 0) is 14.3 Å². The highest BCUT2D eigenvalue weighted by Crippen LogP contribution is 2.31. The lowest BCUT2D eigenvalue weighted by Gasteiger charge is -2.37. The minimum absolute atomic E-state index is 0.0883. The summed E-state index contributed by atoms with van der Waals surface area (Å²) in [5.74, 6) is -0.294. The maximum absolute atomic E-state index is 11.6. The van der Waals surface area contributed by atoms with Gasteiger partial charge in [0.25, 0.3) is 0 Å². The van der Waals surface area contributed by atoms with Crippen molar-refractivity contribution in [3.8, 4) is 0 Å². The molecule has 2 heterocycles. The number of allylic oxidation sites excluding steroid dienone is 1. The zero-order valence-electron chi connectivity index (χ0n) is 9.07. The van der Waals surface area contributed by atoms with Crippen LogP contribution in [0.3, 0.4) is 0 Å². The third kappa shape index (κ3) is 2.21.